The molecule has 1 aliphatic rings. The summed E-state index contributed by atoms with van der Waals surface area (Å²) in [5, 5.41) is 0.739. The molecule has 2 aromatic rings. The summed E-state index contributed by atoms with van der Waals surface area (Å²) < 4.78 is 1.51. The number of rotatable bonds is 1. The lowest BCUT2D eigenvalue weighted by Crippen LogP contribution is -2.49. The highest BCUT2D eigenvalue weighted by Crippen LogP contribution is 2.19. The van der Waals surface area contributed by atoms with Gasteiger partial charge in [-0.05, 0) is 24.3 Å². The molecule has 1 aromatic heterocycles. The first-order chi connectivity index (χ1) is 9.74. The van der Waals surface area contributed by atoms with Crippen LogP contribution in [0.2, 0.25) is 5.02 Å². The molecule has 1 aliphatic heterocycles. The van der Waals surface area contributed by atoms with Gasteiger partial charge in [-0.3, -0.25) is 4.57 Å². The lowest BCUT2D eigenvalue weighted by Gasteiger charge is -2.36. The summed E-state index contributed by atoms with van der Waals surface area (Å²) in [5.74, 6) is 0. The maximum Gasteiger partial charge on any atom is 0.329 e. The Hall–Kier alpha value is -2.01. The summed E-state index contributed by atoms with van der Waals surface area (Å²) in [6, 6.07) is 7.78. The van der Waals surface area contributed by atoms with Crippen molar-refractivity contribution < 1.29 is 4.79 Å². The highest BCUT2D eigenvalue weighted by atomic mass is 35.5. The minimum Gasteiger partial charge on any atom is -0.368 e. The molecule has 0 unspecified atom stereocenters. The monoisotopic (exact) mass is 290 g/mol. The third-order valence-corrected chi connectivity index (χ3v) is 3.72. The molecule has 0 saturated carbocycles. The topological polar surface area (TPSA) is 41.4 Å². The fourth-order valence-corrected chi connectivity index (χ4v) is 2.47. The minimum absolute atomic E-state index is 0.0155. The van der Waals surface area contributed by atoms with Crippen molar-refractivity contribution in [3.05, 3.63) is 48.0 Å². The molecular weight excluding hydrogens is 276 g/mol. The van der Waals surface area contributed by atoms with Crippen molar-refractivity contribution in [3.63, 3.8) is 0 Å². The summed E-state index contributed by atoms with van der Waals surface area (Å²) in [5.41, 5.74) is 1.14. The second-order valence-corrected chi connectivity index (χ2v) is 5.14. The smallest absolute Gasteiger partial charge is 0.329 e. The van der Waals surface area contributed by atoms with Gasteiger partial charge in [0.15, 0.2) is 0 Å². The van der Waals surface area contributed by atoms with Gasteiger partial charge in [0.05, 0.1) is 0 Å². The van der Waals surface area contributed by atoms with Gasteiger partial charge in [-0.1, -0.05) is 11.6 Å². The molecule has 1 fully saturated rings. The molecule has 5 nitrogen and oxygen atoms in total. The summed E-state index contributed by atoms with van der Waals surface area (Å²) in [7, 11) is 0. The summed E-state index contributed by atoms with van der Waals surface area (Å²) in [4.78, 5) is 20.2. The van der Waals surface area contributed by atoms with E-state index in [1.165, 1.54) is 10.9 Å². The Morgan fingerprint density at radius 1 is 1.10 bits per heavy atom. The van der Waals surface area contributed by atoms with Crippen molar-refractivity contribution >= 4 is 23.3 Å². The number of carbonyl (C=O) groups excluding carboxylic acids is 1. The van der Waals surface area contributed by atoms with Crippen LogP contribution in [0.5, 0.6) is 0 Å². The molecule has 1 amide bonds. The van der Waals surface area contributed by atoms with E-state index in [9.17, 15) is 4.79 Å². The number of carbonyl (C=O) groups is 1. The maximum atomic E-state index is 12.2. The Morgan fingerprint density at radius 2 is 1.80 bits per heavy atom. The Bertz CT molecular complexity index is 574. The van der Waals surface area contributed by atoms with Crippen LogP contribution in [0.4, 0.5) is 10.5 Å². The lowest BCUT2D eigenvalue weighted by molar-refractivity contribution is 0.196. The molecule has 6 heteroatoms. The fourth-order valence-electron chi connectivity index (χ4n) is 2.34. The number of aromatic nitrogens is 2. The minimum atomic E-state index is -0.0155. The van der Waals surface area contributed by atoms with Crippen molar-refractivity contribution in [1.82, 2.24) is 14.5 Å². The van der Waals surface area contributed by atoms with Crippen molar-refractivity contribution in [2.45, 2.75) is 0 Å². The van der Waals surface area contributed by atoms with Gasteiger partial charge < -0.3 is 9.80 Å². The third kappa shape index (κ3) is 2.63. The van der Waals surface area contributed by atoms with E-state index in [4.69, 9.17) is 11.6 Å². The van der Waals surface area contributed by atoms with Crippen LogP contribution in [0.3, 0.4) is 0 Å². The molecular formula is C14H15ClN4O. The number of halogens is 1. The van der Waals surface area contributed by atoms with Crippen LogP contribution in [0.15, 0.2) is 43.0 Å². The Morgan fingerprint density at radius 3 is 2.40 bits per heavy atom. The van der Waals surface area contributed by atoms with Crippen LogP contribution in [-0.4, -0.2) is 46.7 Å². The molecule has 0 N–H and O–H groups in total. The predicted molar refractivity (Wildman–Crippen MR) is 78.3 cm³/mol. The van der Waals surface area contributed by atoms with Crippen LogP contribution in [0, 0.1) is 0 Å². The zero-order chi connectivity index (χ0) is 13.9. The normalized spacial score (nSPS) is 15.4. The molecule has 2 heterocycles. The third-order valence-electron chi connectivity index (χ3n) is 3.47. The molecule has 1 saturated heterocycles. The largest absolute Gasteiger partial charge is 0.368 e. The summed E-state index contributed by atoms with van der Waals surface area (Å²) in [6.45, 7) is 3.06. The van der Waals surface area contributed by atoms with Crippen LogP contribution >= 0.6 is 11.6 Å². The highest BCUT2D eigenvalue weighted by molar-refractivity contribution is 6.30. The number of hydrogen-bond donors (Lipinski definition) is 0. The standard InChI is InChI=1S/C14H15ClN4O/c15-12-1-3-13(4-2-12)17-7-9-18(10-8-17)14(20)19-6-5-16-11-19/h1-6,11H,7-10H2. The van der Waals surface area contributed by atoms with E-state index < -0.39 is 0 Å². The van der Waals surface area contributed by atoms with Crippen LogP contribution in [0.25, 0.3) is 0 Å². The molecule has 0 atom stereocenters. The van der Waals surface area contributed by atoms with Gasteiger partial charge in [0.1, 0.15) is 6.33 Å². The van der Waals surface area contributed by atoms with Gasteiger partial charge in [0.25, 0.3) is 0 Å². The number of anilines is 1. The molecule has 0 bridgehead atoms. The van der Waals surface area contributed by atoms with Crippen molar-refractivity contribution in [1.29, 1.82) is 0 Å². The van der Waals surface area contributed by atoms with Gasteiger partial charge in [0.2, 0.25) is 0 Å². The first-order valence-electron chi connectivity index (χ1n) is 6.52. The quantitative estimate of drug-likeness (QED) is 0.809. The fraction of sp³-hybridized carbons (Fsp3) is 0.286. The van der Waals surface area contributed by atoms with Crippen LogP contribution in [0.1, 0.15) is 0 Å². The molecule has 20 heavy (non-hydrogen) atoms. The molecule has 1 aromatic carbocycles. The number of benzene rings is 1. The second kappa shape index (κ2) is 5.54. The van der Waals surface area contributed by atoms with E-state index in [-0.39, 0.29) is 6.03 Å². The van der Waals surface area contributed by atoms with Gasteiger partial charge in [0, 0.05) is 49.3 Å². The van der Waals surface area contributed by atoms with E-state index in [1.54, 1.807) is 12.4 Å². The first kappa shape index (κ1) is 13.0. The van der Waals surface area contributed by atoms with E-state index in [0.717, 1.165) is 23.8 Å². The zero-order valence-electron chi connectivity index (χ0n) is 10.9. The van der Waals surface area contributed by atoms with E-state index in [1.807, 2.05) is 29.2 Å². The number of hydrogen-bond acceptors (Lipinski definition) is 3. The first-order valence-corrected chi connectivity index (χ1v) is 6.89. The van der Waals surface area contributed by atoms with Gasteiger partial charge >= 0.3 is 6.03 Å². The lowest BCUT2D eigenvalue weighted by atomic mass is 10.2. The van der Waals surface area contributed by atoms with Gasteiger partial charge in [-0.15, -0.1) is 0 Å². The van der Waals surface area contributed by atoms with Gasteiger partial charge in [-0.2, -0.15) is 0 Å². The van der Waals surface area contributed by atoms with Crippen molar-refractivity contribution in [2.24, 2.45) is 0 Å². The van der Waals surface area contributed by atoms with E-state index >= 15 is 0 Å². The Kier molecular flexibility index (Phi) is 3.60. The second-order valence-electron chi connectivity index (χ2n) is 4.70. The average Bonchev–Trinajstić information content (AvgIpc) is 3.02. The van der Waals surface area contributed by atoms with Crippen molar-refractivity contribution in [3.8, 4) is 0 Å². The maximum absolute atomic E-state index is 12.2. The highest BCUT2D eigenvalue weighted by Gasteiger charge is 2.22. The van der Waals surface area contributed by atoms with E-state index in [0.29, 0.717) is 13.1 Å². The molecule has 0 radical (unpaired) electrons. The SMILES string of the molecule is O=C(N1CCN(c2ccc(Cl)cc2)CC1)n1ccnc1. The predicted octanol–water partition coefficient (Wildman–Crippen LogP) is 2.33. The van der Waals surface area contributed by atoms with Crippen molar-refractivity contribution in [2.75, 3.05) is 31.1 Å². The Balaban J connectivity index is 1.62. The molecule has 0 aliphatic carbocycles. The zero-order valence-corrected chi connectivity index (χ0v) is 11.7. The summed E-state index contributed by atoms with van der Waals surface area (Å²) >= 11 is 5.89. The number of amides is 1. The molecule has 104 valence electrons. The number of nitrogens with zero attached hydrogens (tertiary/aromatic N) is 4. The number of piperazine rings is 1. The summed E-state index contributed by atoms with van der Waals surface area (Å²) in [6.07, 6.45) is 4.82. The molecule has 3 rings (SSSR count). The van der Waals surface area contributed by atoms with Crippen LogP contribution in [-0.2, 0) is 0 Å². The van der Waals surface area contributed by atoms with Crippen LogP contribution < -0.4 is 4.90 Å². The van der Waals surface area contributed by atoms with E-state index in [2.05, 4.69) is 9.88 Å². The molecule has 0 spiro atoms. The van der Waals surface area contributed by atoms with Gasteiger partial charge in [-0.25, -0.2) is 9.78 Å². The Labute approximate surface area is 122 Å². The number of imidazole rings is 1. The average molecular weight is 291 g/mol.